The van der Waals surface area contributed by atoms with Gasteiger partial charge in [0.2, 0.25) is 0 Å². The molecule has 1 aliphatic carbocycles. The SMILES string of the molecule is O=C(c1ccccn1)N1CC2C(c3ccccc3)CC(N3CCCC3)(CC2c2ccccc2)C1. The molecule has 174 valence electrons. The number of hydrogen-bond donors (Lipinski definition) is 0. The molecule has 1 amide bonds. The Hall–Kier alpha value is -2.98. The molecule has 2 unspecified atom stereocenters. The fourth-order valence-electron chi connectivity index (χ4n) is 7.03. The molecule has 0 spiro atoms. The maximum Gasteiger partial charge on any atom is 0.272 e. The van der Waals surface area contributed by atoms with Gasteiger partial charge in [-0.3, -0.25) is 14.7 Å². The van der Waals surface area contributed by atoms with Gasteiger partial charge in [0.15, 0.2) is 0 Å². The smallest absolute Gasteiger partial charge is 0.272 e. The number of nitrogens with zero attached hydrogens (tertiary/aromatic N) is 3. The minimum atomic E-state index is -0.00500. The summed E-state index contributed by atoms with van der Waals surface area (Å²) in [4.78, 5) is 23.1. The summed E-state index contributed by atoms with van der Waals surface area (Å²) >= 11 is 0. The average Bonchev–Trinajstić information content (AvgIpc) is 3.34. The number of carbonyl (C=O) groups is 1. The number of hydrogen-bond acceptors (Lipinski definition) is 3. The van der Waals surface area contributed by atoms with Crippen molar-refractivity contribution in [2.24, 2.45) is 5.92 Å². The van der Waals surface area contributed by atoms with Crippen LogP contribution in [0.2, 0.25) is 0 Å². The van der Waals surface area contributed by atoms with Gasteiger partial charge < -0.3 is 4.90 Å². The Morgan fingerprint density at radius 2 is 1.38 bits per heavy atom. The van der Waals surface area contributed by atoms with Crippen LogP contribution >= 0.6 is 0 Å². The van der Waals surface area contributed by atoms with Gasteiger partial charge >= 0.3 is 0 Å². The first-order chi connectivity index (χ1) is 16.7. The van der Waals surface area contributed by atoms with Gasteiger partial charge in [0.1, 0.15) is 5.69 Å². The van der Waals surface area contributed by atoms with E-state index in [1.807, 2.05) is 18.2 Å². The summed E-state index contributed by atoms with van der Waals surface area (Å²) in [5.41, 5.74) is 3.40. The van der Waals surface area contributed by atoms with Gasteiger partial charge in [-0.05, 0) is 79.8 Å². The maximum absolute atomic E-state index is 13.8. The van der Waals surface area contributed by atoms with Crippen LogP contribution in [-0.2, 0) is 0 Å². The Balaban J connectivity index is 1.47. The monoisotopic (exact) mass is 451 g/mol. The zero-order valence-corrected chi connectivity index (χ0v) is 19.7. The summed E-state index contributed by atoms with van der Waals surface area (Å²) in [6, 6.07) is 27.8. The molecule has 1 aromatic heterocycles. The van der Waals surface area contributed by atoms with Crippen molar-refractivity contribution in [2.45, 2.75) is 43.1 Å². The predicted molar refractivity (Wildman–Crippen MR) is 135 cm³/mol. The van der Waals surface area contributed by atoms with Crippen LogP contribution in [0, 0.1) is 5.92 Å². The average molecular weight is 452 g/mol. The highest BCUT2D eigenvalue weighted by atomic mass is 16.2. The van der Waals surface area contributed by atoms with Crippen LogP contribution in [0.15, 0.2) is 85.1 Å². The van der Waals surface area contributed by atoms with Gasteiger partial charge in [-0.15, -0.1) is 0 Å². The lowest BCUT2D eigenvalue weighted by atomic mass is 9.61. The molecule has 4 heteroatoms. The molecular weight excluding hydrogens is 418 g/mol. The van der Waals surface area contributed by atoms with Gasteiger partial charge in [0.05, 0.1) is 0 Å². The quantitative estimate of drug-likeness (QED) is 0.537. The first kappa shape index (κ1) is 21.5. The predicted octanol–water partition coefficient (Wildman–Crippen LogP) is 5.35. The second-order valence-electron chi connectivity index (χ2n) is 10.4. The molecule has 3 saturated heterocycles. The lowest BCUT2D eigenvalue weighted by Crippen LogP contribution is -2.56. The number of amides is 1. The van der Waals surface area contributed by atoms with Gasteiger partial charge in [0.25, 0.3) is 5.91 Å². The van der Waals surface area contributed by atoms with Crippen LogP contribution in [-0.4, -0.2) is 52.4 Å². The van der Waals surface area contributed by atoms with Crippen LogP contribution < -0.4 is 0 Å². The van der Waals surface area contributed by atoms with Crippen LogP contribution in [0.25, 0.3) is 0 Å². The third-order valence-corrected chi connectivity index (χ3v) is 8.55. The number of likely N-dealkylation sites (tertiary alicyclic amines) is 1. The second-order valence-corrected chi connectivity index (χ2v) is 10.4. The van der Waals surface area contributed by atoms with E-state index in [1.54, 1.807) is 6.20 Å². The Morgan fingerprint density at radius 3 is 1.94 bits per heavy atom. The molecule has 1 saturated carbocycles. The fraction of sp³-hybridized carbons (Fsp3) is 0.400. The van der Waals surface area contributed by atoms with Crippen molar-refractivity contribution in [1.29, 1.82) is 0 Å². The van der Waals surface area contributed by atoms with Gasteiger partial charge in [0, 0.05) is 24.8 Å². The number of fused-ring (bicyclic) bond motifs is 4. The van der Waals surface area contributed by atoms with E-state index in [9.17, 15) is 4.79 Å². The molecule has 4 nitrogen and oxygen atoms in total. The third-order valence-electron chi connectivity index (χ3n) is 8.55. The van der Waals surface area contributed by atoms with Crippen molar-refractivity contribution < 1.29 is 4.79 Å². The van der Waals surface area contributed by atoms with E-state index in [0.29, 0.717) is 23.4 Å². The van der Waals surface area contributed by atoms with Crippen LogP contribution in [0.1, 0.15) is 59.1 Å². The molecule has 4 fully saturated rings. The molecule has 4 heterocycles. The topological polar surface area (TPSA) is 36.4 Å². The van der Waals surface area contributed by atoms with Crippen molar-refractivity contribution in [1.82, 2.24) is 14.8 Å². The highest BCUT2D eigenvalue weighted by Crippen LogP contribution is 2.55. The molecule has 4 aliphatic rings. The van der Waals surface area contributed by atoms with Crippen LogP contribution in [0.4, 0.5) is 0 Å². The summed E-state index contributed by atoms with van der Waals surface area (Å²) in [6.07, 6.45) is 6.49. The second kappa shape index (κ2) is 8.99. The number of aromatic nitrogens is 1. The van der Waals surface area contributed by atoms with Gasteiger partial charge in [-0.2, -0.15) is 0 Å². The van der Waals surface area contributed by atoms with Crippen LogP contribution in [0.3, 0.4) is 0 Å². The summed E-state index contributed by atoms with van der Waals surface area (Å²) in [7, 11) is 0. The minimum absolute atomic E-state index is 0.00500. The minimum Gasteiger partial charge on any atom is -0.335 e. The molecule has 0 N–H and O–H groups in total. The number of benzene rings is 2. The van der Waals surface area contributed by atoms with E-state index >= 15 is 0 Å². The molecule has 7 rings (SSSR count). The van der Waals surface area contributed by atoms with E-state index < -0.39 is 0 Å². The van der Waals surface area contributed by atoms with Gasteiger partial charge in [-0.25, -0.2) is 0 Å². The van der Waals surface area contributed by atoms with Crippen molar-refractivity contribution in [3.63, 3.8) is 0 Å². The van der Waals surface area contributed by atoms with E-state index in [1.165, 1.54) is 24.0 Å². The van der Waals surface area contributed by atoms with Crippen molar-refractivity contribution >= 4 is 5.91 Å². The summed E-state index contributed by atoms with van der Waals surface area (Å²) < 4.78 is 0. The Morgan fingerprint density at radius 1 is 0.794 bits per heavy atom. The third kappa shape index (κ3) is 3.84. The molecule has 2 aromatic carbocycles. The Bertz CT molecular complexity index is 1060. The summed E-state index contributed by atoms with van der Waals surface area (Å²) in [5.74, 6) is 1.33. The first-order valence-corrected chi connectivity index (χ1v) is 12.8. The molecule has 3 aliphatic heterocycles. The van der Waals surface area contributed by atoms with Gasteiger partial charge in [-0.1, -0.05) is 66.7 Å². The molecule has 3 aromatic rings. The highest BCUT2D eigenvalue weighted by Gasteiger charge is 2.54. The largest absolute Gasteiger partial charge is 0.335 e. The van der Waals surface area contributed by atoms with Crippen molar-refractivity contribution in [3.8, 4) is 0 Å². The van der Waals surface area contributed by atoms with Crippen LogP contribution in [0.5, 0.6) is 0 Å². The lowest BCUT2D eigenvalue weighted by molar-refractivity contribution is 0.0386. The van der Waals surface area contributed by atoms with E-state index in [0.717, 1.165) is 39.0 Å². The molecule has 34 heavy (non-hydrogen) atoms. The highest BCUT2D eigenvalue weighted by molar-refractivity contribution is 5.92. The number of pyridine rings is 1. The Labute approximate surface area is 202 Å². The first-order valence-electron chi connectivity index (χ1n) is 12.8. The number of carbonyl (C=O) groups excluding carboxylic acids is 1. The Kier molecular flexibility index (Phi) is 5.70. The lowest BCUT2D eigenvalue weighted by Gasteiger charge is -2.50. The van der Waals surface area contributed by atoms with E-state index in [2.05, 4.69) is 75.4 Å². The standard InChI is InChI=1S/C30H33N3O/c34-29(28-15-7-8-16-31-28)32-21-27-25(23-11-3-1-4-12-23)19-30(22-32,33-17-9-10-18-33)20-26(27)24-13-5-2-6-14-24/h1-8,11-16,25-27H,9-10,17-22H2. The van der Waals surface area contributed by atoms with Crippen molar-refractivity contribution in [3.05, 3.63) is 102 Å². The zero-order valence-electron chi connectivity index (χ0n) is 19.7. The zero-order chi connectivity index (χ0) is 23.0. The summed E-state index contributed by atoms with van der Waals surface area (Å²) in [5, 5.41) is 0. The van der Waals surface area contributed by atoms with E-state index in [4.69, 9.17) is 0 Å². The molecule has 2 bridgehead atoms. The maximum atomic E-state index is 13.8. The summed E-state index contributed by atoms with van der Waals surface area (Å²) in [6.45, 7) is 3.86. The van der Waals surface area contributed by atoms with E-state index in [-0.39, 0.29) is 11.4 Å². The molecule has 0 radical (unpaired) electrons. The number of rotatable bonds is 4. The normalized spacial score (nSPS) is 29.2. The molecular formula is C30H33N3O. The molecule has 2 atom stereocenters. The van der Waals surface area contributed by atoms with Crippen molar-refractivity contribution in [2.75, 3.05) is 26.2 Å². The fourth-order valence-corrected chi connectivity index (χ4v) is 7.03.